The lowest BCUT2D eigenvalue weighted by Gasteiger charge is -2.39. The van der Waals surface area contributed by atoms with E-state index in [-0.39, 0.29) is 6.04 Å². The Morgan fingerprint density at radius 1 is 1.69 bits per heavy atom. The van der Waals surface area contributed by atoms with Gasteiger partial charge in [-0.1, -0.05) is 12.8 Å². The van der Waals surface area contributed by atoms with Gasteiger partial charge in [0.05, 0.1) is 6.04 Å². The molecule has 3 atom stereocenters. The molecule has 1 heterocycles. The number of nitrogens with two attached hydrogens (primary N) is 1. The van der Waals surface area contributed by atoms with Gasteiger partial charge in [0.15, 0.2) is 0 Å². The van der Waals surface area contributed by atoms with E-state index in [1.54, 1.807) is 0 Å². The van der Waals surface area contributed by atoms with Crippen molar-refractivity contribution in [1.29, 1.82) is 0 Å². The molecule has 0 bridgehead atoms. The van der Waals surface area contributed by atoms with Gasteiger partial charge < -0.3 is 5.73 Å². The van der Waals surface area contributed by atoms with Crippen molar-refractivity contribution in [2.45, 2.75) is 38.8 Å². The van der Waals surface area contributed by atoms with Gasteiger partial charge in [-0.25, -0.2) is 0 Å². The first-order valence-electron chi connectivity index (χ1n) is 5.11. The predicted octanol–water partition coefficient (Wildman–Crippen LogP) is 1.07. The molecular weight excluding hydrogens is 160 g/mol. The fraction of sp³-hybridized carbons (Fsp3) is 0.818. The molecule has 0 radical (unpaired) electrons. The van der Waals surface area contributed by atoms with Crippen LogP contribution in [0.15, 0.2) is 0 Å². The van der Waals surface area contributed by atoms with Crippen LogP contribution in [0, 0.1) is 18.3 Å². The quantitative estimate of drug-likeness (QED) is 0.644. The number of nitrogens with zero attached hydrogens (tertiary/aromatic N) is 1. The molecule has 0 aliphatic carbocycles. The van der Waals surface area contributed by atoms with Crippen LogP contribution in [0.25, 0.3) is 0 Å². The lowest BCUT2D eigenvalue weighted by atomic mass is 9.91. The molecule has 1 saturated heterocycles. The lowest BCUT2D eigenvalue weighted by Crippen LogP contribution is -2.49. The molecule has 0 aromatic carbocycles. The van der Waals surface area contributed by atoms with Gasteiger partial charge in [0.1, 0.15) is 0 Å². The number of rotatable bonds is 2. The normalized spacial score (nSPS) is 32.5. The molecule has 2 nitrogen and oxygen atoms in total. The minimum atomic E-state index is 0.237. The third-order valence-electron chi connectivity index (χ3n) is 3.03. The first kappa shape index (κ1) is 10.6. The molecule has 0 saturated carbocycles. The minimum absolute atomic E-state index is 0.237. The highest BCUT2D eigenvalue weighted by Gasteiger charge is 2.27. The van der Waals surface area contributed by atoms with Crippen LogP contribution in [-0.2, 0) is 0 Å². The van der Waals surface area contributed by atoms with Crippen molar-refractivity contribution in [2.24, 2.45) is 11.7 Å². The SMILES string of the molecule is C#CC(C)N1CCC(C)CC1CN. The van der Waals surface area contributed by atoms with E-state index >= 15 is 0 Å². The van der Waals surface area contributed by atoms with E-state index in [1.165, 1.54) is 12.8 Å². The van der Waals surface area contributed by atoms with Crippen molar-refractivity contribution in [3.8, 4) is 12.3 Å². The molecule has 2 heteroatoms. The van der Waals surface area contributed by atoms with Crippen LogP contribution < -0.4 is 5.73 Å². The van der Waals surface area contributed by atoms with Crippen LogP contribution >= 0.6 is 0 Å². The molecule has 74 valence electrons. The Balaban J connectivity index is 2.58. The Morgan fingerprint density at radius 3 is 2.92 bits per heavy atom. The second-order valence-corrected chi connectivity index (χ2v) is 4.10. The smallest absolute Gasteiger partial charge is 0.0686 e. The second kappa shape index (κ2) is 4.64. The summed E-state index contributed by atoms with van der Waals surface area (Å²) in [7, 11) is 0. The summed E-state index contributed by atoms with van der Waals surface area (Å²) in [6, 6.07) is 0.732. The summed E-state index contributed by atoms with van der Waals surface area (Å²) in [5.41, 5.74) is 5.74. The zero-order valence-corrected chi connectivity index (χ0v) is 8.66. The Hall–Kier alpha value is -0.520. The Bertz CT molecular complexity index is 195. The maximum atomic E-state index is 5.74. The van der Waals surface area contributed by atoms with Crippen molar-refractivity contribution in [1.82, 2.24) is 4.90 Å². The van der Waals surface area contributed by atoms with E-state index in [1.807, 2.05) is 0 Å². The van der Waals surface area contributed by atoms with E-state index in [0.717, 1.165) is 19.0 Å². The summed E-state index contributed by atoms with van der Waals surface area (Å²) in [5, 5.41) is 0. The maximum absolute atomic E-state index is 5.74. The third kappa shape index (κ3) is 2.46. The van der Waals surface area contributed by atoms with Crippen LogP contribution in [-0.4, -0.2) is 30.1 Å². The summed E-state index contributed by atoms with van der Waals surface area (Å²) in [5.74, 6) is 3.58. The minimum Gasteiger partial charge on any atom is -0.329 e. The van der Waals surface area contributed by atoms with Crippen LogP contribution in [0.3, 0.4) is 0 Å². The third-order valence-corrected chi connectivity index (χ3v) is 3.03. The zero-order chi connectivity index (χ0) is 9.84. The van der Waals surface area contributed by atoms with Gasteiger partial charge in [-0.3, -0.25) is 4.90 Å². The average molecular weight is 180 g/mol. The van der Waals surface area contributed by atoms with E-state index in [4.69, 9.17) is 12.2 Å². The van der Waals surface area contributed by atoms with E-state index in [9.17, 15) is 0 Å². The molecule has 2 N–H and O–H groups in total. The highest BCUT2D eigenvalue weighted by molar-refractivity contribution is 5.00. The number of hydrogen-bond donors (Lipinski definition) is 1. The van der Waals surface area contributed by atoms with Crippen molar-refractivity contribution in [3.05, 3.63) is 0 Å². The predicted molar refractivity (Wildman–Crippen MR) is 56.2 cm³/mol. The molecule has 13 heavy (non-hydrogen) atoms. The molecule has 1 aliphatic rings. The lowest BCUT2D eigenvalue weighted by molar-refractivity contribution is 0.106. The maximum Gasteiger partial charge on any atom is 0.0686 e. The van der Waals surface area contributed by atoms with Gasteiger partial charge >= 0.3 is 0 Å². The Kier molecular flexibility index (Phi) is 3.77. The fourth-order valence-corrected chi connectivity index (χ4v) is 2.11. The Morgan fingerprint density at radius 2 is 2.38 bits per heavy atom. The van der Waals surface area contributed by atoms with E-state index in [0.29, 0.717) is 6.04 Å². The molecule has 0 amide bonds. The number of hydrogen-bond acceptors (Lipinski definition) is 2. The highest BCUT2D eigenvalue weighted by Crippen LogP contribution is 2.23. The number of terminal acetylenes is 1. The van der Waals surface area contributed by atoms with Crippen molar-refractivity contribution in [3.63, 3.8) is 0 Å². The fourth-order valence-electron chi connectivity index (χ4n) is 2.11. The van der Waals surface area contributed by atoms with Gasteiger partial charge in [0.2, 0.25) is 0 Å². The highest BCUT2D eigenvalue weighted by atomic mass is 15.2. The zero-order valence-electron chi connectivity index (χ0n) is 8.66. The number of likely N-dealkylation sites (tertiary alicyclic amines) is 1. The van der Waals surface area contributed by atoms with Crippen molar-refractivity contribution in [2.75, 3.05) is 13.1 Å². The van der Waals surface area contributed by atoms with Gasteiger partial charge in [-0.2, -0.15) is 0 Å². The Labute approximate surface area is 81.5 Å². The molecule has 1 fully saturated rings. The second-order valence-electron chi connectivity index (χ2n) is 4.10. The first-order valence-corrected chi connectivity index (χ1v) is 5.11. The van der Waals surface area contributed by atoms with E-state index < -0.39 is 0 Å². The summed E-state index contributed by atoms with van der Waals surface area (Å²) in [4.78, 5) is 2.36. The van der Waals surface area contributed by atoms with Gasteiger partial charge in [0, 0.05) is 12.6 Å². The molecule has 1 aliphatic heterocycles. The van der Waals surface area contributed by atoms with Crippen LogP contribution in [0.2, 0.25) is 0 Å². The van der Waals surface area contributed by atoms with Crippen LogP contribution in [0.1, 0.15) is 26.7 Å². The molecular formula is C11H20N2. The summed E-state index contributed by atoms with van der Waals surface area (Å²) < 4.78 is 0. The van der Waals surface area contributed by atoms with Crippen LogP contribution in [0.5, 0.6) is 0 Å². The first-order chi connectivity index (χ1) is 6.19. The summed E-state index contributed by atoms with van der Waals surface area (Å²) in [6.07, 6.45) is 7.87. The number of piperidine rings is 1. The average Bonchev–Trinajstić information content (AvgIpc) is 2.16. The summed E-state index contributed by atoms with van der Waals surface area (Å²) >= 11 is 0. The standard InChI is InChI=1S/C11H20N2/c1-4-10(3)13-6-5-9(2)7-11(13)8-12/h1,9-11H,5-8,12H2,2-3H3. The molecule has 0 spiro atoms. The van der Waals surface area contributed by atoms with Gasteiger partial charge in [-0.15, -0.1) is 6.42 Å². The molecule has 3 unspecified atom stereocenters. The summed E-state index contributed by atoms with van der Waals surface area (Å²) in [6.45, 7) is 6.21. The van der Waals surface area contributed by atoms with Crippen molar-refractivity contribution >= 4 is 0 Å². The van der Waals surface area contributed by atoms with E-state index in [2.05, 4.69) is 24.7 Å². The molecule has 1 rings (SSSR count). The molecule has 0 aromatic heterocycles. The monoisotopic (exact) mass is 180 g/mol. The van der Waals surface area contributed by atoms with Crippen molar-refractivity contribution < 1.29 is 0 Å². The molecule has 0 aromatic rings. The van der Waals surface area contributed by atoms with Gasteiger partial charge in [0.25, 0.3) is 0 Å². The van der Waals surface area contributed by atoms with Gasteiger partial charge in [-0.05, 0) is 32.2 Å². The topological polar surface area (TPSA) is 29.3 Å². The largest absolute Gasteiger partial charge is 0.329 e. The van der Waals surface area contributed by atoms with Crippen LogP contribution in [0.4, 0.5) is 0 Å².